The maximum Gasteiger partial charge on any atom is 0.326 e. The Morgan fingerprint density at radius 1 is 1.09 bits per heavy atom. The van der Waals surface area contributed by atoms with Crippen molar-refractivity contribution in [1.29, 1.82) is 0 Å². The van der Waals surface area contributed by atoms with Gasteiger partial charge in [0.15, 0.2) is 0 Å². The van der Waals surface area contributed by atoms with Crippen LogP contribution in [0.2, 0.25) is 0 Å². The fraction of sp³-hybridized carbons (Fsp3) is 0.353. The average molecular weight is 296 g/mol. The molecule has 5 heteroatoms. The van der Waals surface area contributed by atoms with Gasteiger partial charge in [-0.2, -0.15) is 0 Å². The summed E-state index contributed by atoms with van der Waals surface area (Å²) in [6.07, 6.45) is 10.5. The van der Waals surface area contributed by atoms with E-state index in [1.807, 2.05) is 41.1 Å². The normalized spacial score (nSPS) is 23.0. The van der Waals surface area contributed by atoms with Gasteiger partial charge >= 0.3 is 5.69 Å². The molecule has 0 radical (unpaired) electrons. The first kappa shape index (κ1) is 13.4. The molecule has 5 nitrogen and oxygen atoms in total. The molecule has 3 heterocycles. The van der Waals surface area contributed by atoms with Crippen LogP contribution in [-0.2, 0) is 0 Å². The number of fused-ring (bicyclic) bond motifs is 1. The summed E-state index contributed by atoms with van der Waals surface area (Å²) in [7, 11) is 0. The number of aromatic amines is 1. The maximum atomic E-state index is 12.3. The molecule has 0 amide bonds. The number of nitrogens with zero attached hydrogens (tertiary/aromatic N) is 2. The molecule has 1 aromatic carbocycles. The zero-order valence-corrected chi connectivity index (χ0v) is 12.4. The molecule has 1 aromatic heterocycles. The molecule has 2 aliphatic heterocycles. The number of rotatable bonds is 2. The number of hydrogen-bond donors (Lipinski definition) is 2. The van der Waals surface area contributed by atoms with Crippen LogP contribution >= 0.6 is 0 Å². The van der Waals surface area contributed by atoms with Crippen LogP contribution in [0.5, 0.6) is 0 Å². The summed E-state index contributed by atoms with van der Waals surface area (Å²) in [5.41, 5.74) is 1.96. The highest BCUT2D eigenvalue weighted by molar-refractivity contribution is 5.75. The first-order valence-corrected chi connectivity index (χ1v) is 7.85. The van der Waals surface area contributed by atoms with Gasteiger partial charge in [-0.05, 0) is 43.3 Å². The third kappa shape index (κ3) is 2.27. The molecular formula is C17H20N4O. The molecule has 0 saturated carbocycles. The standard InChI is InChI=1S/C17H20N4O/c22-17-19-14-5-1-2-6-15(14)21(17)13-8-11-20(12-9-13)16-7-3-4-10-18-16/h1-7,10,13,16,18H,8-9,11-12H2,(H,19,22). The summed E-state index contributed by atoms with van der Waals surface area (Å²) < 4.78 is 1.94. The van der Waals surface area contributed by atoms with Crippen LogP contribution in [0.25, 0.3) is 11.0 Å². The predicted molar refractivity (Wildman–Crippen MR) is 87.6 cm³/mol. The fourth-order valence-electron chi connectivity index (χ4n) is 3.52. The number of allylic oxidation sites excluding steroid dienone is 2. The lowest BCUT2D eigenvalue weighted by atomic mass is 10.0. The minimum absolute atomic E-state index is 0.0123. The molecule has 1 fully saturated rings. The van der Waals surface area contributed by atoms with Crippen LogP contribution in [-0.4, -0.2) is 33.7 Å². The minimum atomic E-state index is 0.0123. The van der Waals surface area contributed by atoms with Crippen LogP contribution in [0.3, 0.4) is 0 Å². The number of imidazole rings is 1. The van der Waals surface area contributed by atoms with E-state index in [-0.39, 0.29) is 17.9 Å². The van der Waals surface area contributed by atoms with Crippen LogP contribution in [0, 0.1) is 0 Å². The molecule has 1 unspecified atom stereocenters. The van der Waals surface area contributed by atoms with Crippen molar-refractivity contribution < 1.29 is 0 Å². The Bertz CT molecular complexity index is 777. The molecule has 0 bridgehead atoms. The van der Waals surface area contributed by atoms with E-state index in [1.165, 1.54) is 0 Å². The Hall–Kier alpha value is -2.27. The fourth-order valence-corrected chi connectivity index (χ4v) is 3.52. The Morgan fingerprint density at radius 2 is 1.91 bits per heavy atom. The average Bonchev–Trinajstić information content (AvgIpc) is 2.91. The Balaban J connectivity index is 1.53. The summed E-state index contributed by atoms with van der Waals surface area (Å²) in [6.45, 7) is 1.99. The Kier molecular flexibility index (Phi) is 3.35. The van der Waals surface area contributed by atoms with Crippen molar-refractivity contribution in [1.82, 2.24) is 19.8 Å². The molecule has 0 aliphatic carbocycles. The molecule has 4 rings (SSSR count). The quantitative estimate of drug-likeness (QED) is 0.891. The lowest BCUT2D eigenvalue weighted by molar-refractivity contribution is 0.146. The summed E-state index contributed by atoms with van der Waals surface area (Å²) in [5, 5.41) is 3.36. The second-order valence-electron chi connectivity index (χ2n) is 5.94. The van der Waals surface area contributed by atoms with Gasteiger partial charge in [-0.1, -0.05) is 18.2 Å². The molecule has 1 atom stereocenters. The summed E-state index contributed by atoms with van der Waals surface area (Å²) >= 11 is 0. The van der Waals surface area contributed by atoms with Crippen molar-refractivity contribution in [3.63, 3.8) is 0 Å². The van der Waals surface area contributed by atoms with Gasteiger partial charge in [-0.3, -0.25) is 9.47 Å². The van der Waals surface area contributed by atoms with E-state index in [4.69, 9.17) is 0 Å². The zero-order chi connectivity index (χ0) is 14.9. The molecule has 2 aromatic rings. The number of para-hydroxylation sites is 2. The van der Waals surface area contributed by atoms with E-state index in [1.54, 1.807) is 0 Å². The molecule has 2 aliphatic rings. The number of piperidine rings is 1. The van der Waals surface area contributed by atoms with Gasteiger partial charge < -0.3 is 10.3 Å². The molecule has 22 heavy (non-hydrogen) atoms. The van der Waals surface area contributed by atoms with Gasteiger partial charge in [-0.15, -0.1) is 0 Å². The van der Waals surface area contributed by atoms with Gasteiger partial charge in [0, 0.05) is 19.1 Å². The first-order chi connectivity index (χ1) is 10.8. The third-order valence-electron chi connectivity index (χ3n) is 4.65. The molecule has 1 saturated heterocycles. The number of dihydropyridines is 1. The summed E-state index contributed by atoms with van der Waals surface area (Å²) in [4.78, 5) is 17.7. The topological polar surface area (TPSA) is 53.1 Å². The monoisotopic (exact) mass is 296 g/mol. The molecule has 0 spiro atoms. The van der Waals surface area contributed by atoms with Crippen molar-refractivity contribution in [2.75, 3.05) is 13.1 Å². The Labute approximate surface area is 128 Å². The number of benzene rings is 1. The van der Waals surface area contributed by atoms with Crippen LogP contribution in [0.4, 0.5) is 0 Å². The van der Waals surface area contributed by atoms with Gasteiger partial charge in [0.1, 0.15) is 0 Å². The van der Waals surface area contributed by atoms with Crippen LogP contribution < -0.4 is 11.0 Å². The van der Waals surface area contributed by atoms with E-state index in [2.05, 4.69) is 27.4 Å². The lowest BCUT2D eigenvalue weighted by Gasteiger charge is -2.37. The lowest BCUT2D eigenvalue weighted by Crippen LogP contribution is -2.47. The molecule has 114 valence electrons. The minimum Gasteiger partial charge on any atom is -0.372 e. The second kappa shape index (κ2) is 5.50. The van der Waals surface area contributed by atoms with E-state index in [0.29, 0.717) is 0 Å². The van der Waals surface area contributed by atoms with Gasteiger partial charge in [0.05, 0.1) is 17.2 Å². The number of likely N-dealkylation sites (tertiary alicyclic amines) is 1. The Morgan fingerprint density at radius 3 is 2.68 bits per heavy atom. The highest BCUT2D eigenvalue weighted by Crippen LogP contribution is 2.25. The first-order valence-electron chi connectivity index (χ1n) is 7.85. The summed E-state index contributed by atoms with van der Waals surface area (Å²) in [6, 6.07) is 8.22. The number of H-pyrrole nitrogens is 1. The van der Waals surface area contributed by atoms with E-state index < -0.39 is 0 Å². The van der Waals surface area contributed by atoms with Crippen molar-refractivity contribution in [3.05, 3.63) is 59.2 Å². The predicted octanol–water partition coefficient (Wildman–Crippen LogP) is 1.97. The van der Waals surface area contributed by atoms with Gasteiger partial charge in [0.25, 0.3) is 0 Å². The highest BCUT2D eigenvalue weighted by Gasteiger charge is 2.26. The van der Waals surface area contributed by atoms with Gasteiger partial charge in [0.2, 0.25) is 0 Å². The molecular weight excluding hydrogens is 276 g/mol. The number of aromatic nitrogens is 2. The maximum absolute atomic E-state index is 12.3. The number of nitrogens with one attached hydrogen (secondary N) is 2. The largest absolute Gasteiger partial charge is 0.372 e. The number of hydrogen-bond acceptors (Lipinski definition) is 3. The molecule has 2 N–H and O–H groups in total. The van der Waals surface area contributed by atoms with Crippen molar-refractivity contribution in [3.8, 4) is 0 Å². The van der Waals surface area contributed by atoms with E-state index in [9.17, 15) is 4.79 Å². The van der Waals surface area contributed by atoms with Crippen molar-refractivity contribution >= 4 is 11.0 Å². The van der Waals surface area contributed by atoms with E-state index >= 15 is 0 Å². The SMILES string of the molecule is O=c1[nH]c2ccccc2n1C1CCN(C2C=CC=CN2)CC1. The van der Waals surface area contributed by atoms with Crippen LogP contribution in [0.15, 0.2) is 53.5 Å². The highest BCUT2D eigenvalue weighted by atomic mass is 16.1. The van der Waals surface area contributed by atoms with Crippen molar-refractivity contribution in [2.24, 2.45) is 0 Å². The smallest absolute Gasteiger partial charge is 0.326 e. The second-order valence-corrected chi connectivity index (χ2v) is 5.94. The summed E-state index contributed by atoms with van der Waals surface area (Å²) in [5.74, 6) is 0. The zero-order valence-electron chi connectivity index (χ0n) is 12.4. The van der Waals surface area contributed by atoms with Gasteiger partial charge in [-0.25, -0.2) is 4.79 Å². The van der Waals surface area contributed by atoms with E-state index in [0.717, 1.165) is 37.0 Å². The van der Waals surface area contributed by atoms with Crippen LogP contribution in [0.1, 0.15) is 18.9 Å². The third-order valence-corrected chi connectivity index (χ3v) is 4.65. The van der Waals surface area contributed by atoms with Crippen molar-refractivity contribution in [2.45, 2.75) is 25.0 Å².